The van der Waals surface area contributed by atoms with Crippen molar-refractivity contribution in [3.8, 4) is 22.6 Å². The second-order valence-electron chi connectivity index (χ2n) is 9.43. The molecule has 0 aliphatic rings. The van der Waals surface area contributed by atoms with Gasteiger partial charge in [0.25, 0.3) is 5.91 Å². The van der Waals surface area contributed by atoms with Crippen molar-refractivity contribution in [2.45, 2.75) is 26.0 Å². The van der Waals surface area contributed by atoms with Crippen LogP contribution in [0.3, 0.4) is 0 Å². The first-order valence-corrected chi connectivity index (χ1v) is 13.1. The first-order chi connectivity index (χ1) is 20.6. The summed E-state index contributed by atoms with van der Waals surface area (Å²) in [4.78, 5) is 40.8. The van der Waals surface area contributed by atoms with Crippen molar-refractivity contribution in [1.29, 1.82) is 0 Å². The molecule has 3 aromatic carbocycles. The molecule has 1 aromatic heterocycles. The lowest BCUT2D eigenvalue weighted by Gasteiger charge is -2.19. The van der Waals surface area contributed by atoms with E-state index in [9.17, 15) is 28.3 Å². The zero-order valence-corrected chi connectivity index (χ0v) is 23.6. The van der Waals surface area contributed by atoms with E-state index in [1.54, 1.807) is 30.5 Å². The molecule has 2 amide bonds. The zero-order valence-electron chi connectivity index (χ0n) is 23.6. The molecule has 224 valence electrons. The van der Waals surface area contributed by atoms with Crippen LogP contribution in [0.2, 0.25) is 0 Å². The molecular formula is C31H29F2N3O7. The maximum Gasteiger partial charge on any atom is 0.326 e. The Kier molecular flexibility index (Phi) is 9.51. The average Bonchev–Trinajstić information content (AvgIpc) is 2.98. The molecule has 0 saturated carbocycles. The Labute approximate surface area is 245 Å². The van der Waals surface area contributed by atoms with Gasteiger partial charge in [0.05, 0.1) is 31.9 Å². The van der Waals surface area contributed by atoms with Crippen LogP contribution in [0.15, 0.2) is 54.7 Å². The van der Waals surface area contributed by atoms with Gasteiger partial charge in [-0.05, 0) is 48.4 Å². The molecule has 0 fully saturated rings. The van der Waals surface area contributed by atoms with Crippen LogP contribution in [0.1, 0.15) is 38.8 Å². The maximum absolute atomic E-state index is 14.5. The number of ether oxygens (including phenoxy) is 3. The van der Waals surface area contributed by atoms with Crippen LogP contribution in [0, 0.1) is 11.6 Å². The number of carboxylic acid groups (broad SMARTS) is 1. The van der Waals surface area contributed by atoms with E-state index < -0.39 is 46.6 Å². The van der Waals surface area contributed by atoms with Gasteiger partial charge in [-0.1, -0.05) is 18.2 Å². The first kappa shape index (κ1) is 30.8. The van der Waals surface area contributed by atoms with Crippen molar-refractivity contribution in [1.82, 2.24) is 10.3 Å². The molecule has 0 bridgehead atoms. The minimum absolute atomic E-state index is 0.242. The molecule has 4 aromatic rings. The van der Waals surface area contributed by atoms with Gasteiger partial charge in [0.1, 0.15) is 34.7 Å². The van der Waals surface area contributed by atoms with Gasteiger partial charge < -0.3 is 30.4 Å². The molecule has 4 N–H and O–H groups in total. The predicted octanol–water partition coefficient (Wildman–Crippen LogP) is 4.26. The molecule has 4 rings (SSSR count). The fourth-order valence-corrected chi connectivity index (χ4v) is 4.73. The largest absolute Gasteiger partial charge is 0.496 e. The van der Waals surface area contributed by atoms with E-state index in [4.69, 9.17) is 19.9 Å². The number of carboxylic acids is 1. The number of amides is 2. The molecule has 10 nitrogen and oxygen atoms in total. The summed E-state index contributed by atoms with van der Waals surface area (Å²) in [5.41, 5.74) is 6.65. The minimum Gasteiger partial charge on any atom is -0.496 e. The first-order valence-electron chi connectivity index (χ1n) is 13.1. The SMILES string of the molecule is CCOCc1cc(OC)c(-c2ccc(C[C@H](NC(=O)c3c(F)cc(C(N)=O)cc3F)C(=O)O)c3cccnc23)c(OC)c1. The van der Waals surface area contributed by atoms with Gasteiger partial charge in [0, 0.05) is 35.7 Å². The maximum atomic E-state index is 14.5. The molecule has 1 heterocycles. The number of methoxy groups -OCH3 is 2. The number of carbonyl (C=O) groups is 3. The number of halogens is 2. The molecule has 12 heteroatoms. The second kappa shape index (κ2) is 13.3. The van der Waals surface area contributed by atoms with Crippen molar-refractivity contribution in [3.63, 3.8) is 0 Å². The van der Waals surface area contributed by atoms with Crippen molar-refractivity contribution >= 4 is 28.7 Å². The molecule has 43 heavy (non-hydrogen) atoms. The summed E-state index contributed by atoms with van der Waals surface area (Å²) in [6.45, 7) is 2.78. The summed E-state index contributed by atoms with van der Waals surface area (Å²) in [5.74, 6) is -5.52. The third-order valence-corrected chi connectivity index (χ3v) is 6.75. The normalized spacial score (nSPS) is 11.7. The number of carbonyl (C=O) groups excluding carboxylic acids is 2. The third-order valence-electron chi connectivity index (χ3n) is 6.75. The van der Waals surface area contributed by atoms with E-state index in [0.717, 1.165) is 5.56 Å². The van der Waals surface area contributed by atoms with Gasteiger partial charge in [0.2, 0.25) is 5.91 Å². The number of aromatic nitrogens is 1. The summed E-state index contributed by atoms with van der Waals surface area (Å²) in [5, 5.41) is 12.6. The average molecular weight is 594 g/mol. The van der Waals surface area contributed by atoms with Crippen molar-refractivity contribution in [2.24, 2.45) is 5.73 Å². The van der Waals surface area contributed by atoms with Gasteiger partial charge in [-0.15, -0.1) is 0 Å². The van der Waals surface area contributed by atoms with Gasteiger partial charge >= 0.3 is 5.97 Å². The van der Waals surface area contributed by atoms with E-state index >= 15 is 0 Å². The van der Waals surface area contributed by atoms with Crippen LogP contribution >= 0.6 is 0 Å². The quantitative estimate of drug-likeness (QED) is 0.221. The Bertz CT molecular complexity index is 1660. The number of primary amides is 1. The number of nitrogens with zero attached hydrogens (tertiary/aromatic N) is 1. The number of hydrogen-bond acceptors (Lipinski definition) is 7. The minimum atomic E-state index is -1.57. The summed E-state index contributed by atoms with van der Waals surface area (Å²) in [6.07, 6.45) is 1.34. The highest BCUT2D eigenvalue weighted by molar-refractivity contribution is 6.01. The third kappa shape index (κ3) is 6.54. The second-order valence-corrected chi connectivity index (χ2v) is 9.43. The zero-order chi connectivity index (χ0) is 31.3. The van der Waals surface area contributed by atoms with E-state index in [-0.39, 0.29) is 6.42 Å². The van der Waals surface area contributed by atoms with E-state index in [1.807, 2.05) is 19.1 Å². The Hall–Kier alpha value is -5.10. The van der Waals surface area contributed by atoms with Crippen molar-refractivity contribution in [3.05, 3.63) is 88.6 Å². The van der Waals surface area contributed by atoms with Crippen LogP contribution in [-0.4, -0.2) is 54.7 Å². The van der Waals surface area contributed by atoms with Crippen LogP contribution in [0.25, 0.3) is 22.0 Å². The number of pyridine rings is 1. The van der Waals surface area contributed by atoms with Gasteiger partial charge in [-0.3, -0.25) is 14.6 Å². The van der Waals surface area contributed by atoms with Gasteiger partial charge in [-0.2, -0.15) is 0 Å². The number of rotatable bonds is 12. The van der Waals surface area contributed by atoms with Crippen molar-refractivity contribution in [2.75, 3.05) is 20.8 Å². The van der Waals surface area contributed by atoms with Crippen LogP contribution in [0.4, 0.5) is 8.78 Å². The lowest BCUT2D eigenvalue weighted by Crippen LogP contribution is -2.43. The van der Waals surface area contributed by atoms with Gasteiger partial charge in [-0.25, -0.2) is 13.6 Å². The number of hydrogen-bond donors (Lipinski definition) is 3. The molecule has 0 aliphatic heterocycles. The summed E-state index contributed by atoms with van der Waals surface area (Å²) in [6, 6.07) is 10.1. The monoisotopic (exact) mass is 593 g/mol. The highest BCUT2D eigenvalue weighted by atomic mass is 19.1. The topological polar surface area (TPSA) is 150 Å². The van der Waals surface area contributed by atoms with E-state index in [0.29, 0.717) is 64.4 Å². The molecule has 0 radical (unpaired) electrons. The van der Waals surface area contributed by atoms with E-state index in [2.05, 4.69) is 10.3 Å². The summed E-state index contributed by atoms with van der Waals surface area (Å²) in [7, 11) is 3.06. The molecule has 0 spiro atoms. The van der Waals surface area contributed by atoms with Crippen LogP contribution < -0.4 is 20.5 Å². The number of nitrogens with two attached hydrogens (primary N) is 1. The summed E-state index contributed by atoms with van der Waals surface area (Å²) < 4.78 is 46.0. The number of nitrogens with one attached hydrogen (secondary N) is 1. The highest BCUT2D eigenvalue weighted by Crippen LogP contribution is 2.43. The molecule has 0 unspecified atom stereocenters. The van der Waals surface area contributed by atoms with E-state index in [1.165, 1.54) is 14.2 Å². The number of benzene rings is 3. The predicted molar refractivity (Wildman–Crippen MR) is 153 cm³/mol. The molecule has 0 aliphatic carbocycles. The molecule has 1 atom stereocenters. The molecular weight excluding hydrogens is 564 g/mol. The van der Waals surface area contributed by atoms with Gasteiger partial charge in [0.15, 0.2) is 0 Å². The standard InChI is InChI=1S/C31H29F2N3O7/c1-4-43-15-16-10-24(41-2)26(25(11-16)42-3)20-8-7-17(19-6-5-9-35-28(19)20)14-23(31(39)40)36-30(38)27-21(32)12-18(29(34)37)13-22(27)33/h5-13,23H,4,14-15H2,1-3H3,(H2,34,37)(H,36,38)(H,39,40)/t23-/m0/s1. The molecule has 0 saturated heterocycles. The smallest absolute Gasteiger partial charge is 0.326 e. The fourth-order valence-electron chi connectivity index (χ4n) is 4.73. The van der Waals surface area contributed by atoms with Crippen LogP contribution in [-0.2, 0) is 22.6 Å². The Morgan fingerprint density at radius 1 is 1.02 bits per heavy atom. The highest BCUT2D eigenvalue weighted by Gasteiger charge is 2.27. The fraction of sp³-hybridized carbons (Fsp3) is 0.226. The lowest BCUT2D eigenvalue weighted by atomic mass is 9.93. The Balaban J connectivity index is 1.73. The number of aliphatic carboxylic acids is 1. The number of fused-ring (bicyclic) bond motifs is 1. The summed E-state index contributed by atoms with van der Waals surface area (Å²) >= 11 is 0. The Morgan fingerprint density at radius 3 is 2.23 bits per heavy atom. The van der Waals surface area contributed by atoms with Crippen LogP contribution in [0.5, 0.6) is 11.5 Å². The Morgan fingerprint density at radius 2 is 1.67 bits per heavy atom. The lowest BCUT2D eigenvalue weighted by molar-refractivity contribution is -0.139. The van der Waals surface area contributed by atoms with Crippen molar-refractivity contribution < 1.29 is 42.5 Å².